The molecule has 5 heterocycles. The van der Waals surface area contributed by atoms with Crippen molar-refractivity contribution in [2.45, 2.75) is 74.7 Å². The van der Waals surface area contributed by atoms with E-state index in [4.69, 9.17) is 55.3 Å². The summed E-state index contributed by atoms with van der Waals surface area (Å²) in [5, 5.41) is 22.4. The third kappa shape index (κ3) is 21.0. The Morgan fingerprint density at radius 2 is 0.736 bits per heavy atom. The maximum absolute atomic E-state index is 12.4. The lowest BCUT2D eigenvalue weighted by Gasteiger charge is -2.27. The van der Waals surface area contributed by atoms with Gasteiger partial charge in [0.25, 0.3) is 5.91 Å². The number of nitrogens with one attached hydrogen (secondary N) is 4. The Labute approximate surface area is 818 Å². The number of amides is 1. The van der Waals surface area contributed by atoms with Crippen LogP contribution in [-0.2, 0) is 45.1 Å². The number of rotatable bonds is 17. The highest BCUT2D eigenvalue weighted by Crippen LogP contribution is 2.49. The molecule has 0 fully saturated rings. The van der Waals surface area contributed by atoms with Gasteiger partial charge in [0.15, 0.2) is 0 Å². The standard InChI is InChI=1S/C28H26ClN5.C26H24N4O.C25H20N4O.C19H18N4.C18H16N4/c1-34(2)18-32-23-12-10-20(11-13-23)26-15-21-17-31-28(30-16-19-6-5-7-22(29)14-19)33-27(21)25-9-4-3-8-24(25)26;27-20-9-7-18(8-10-20)24-15-19-16-28-26(29-21-11-5-17(6-12-21)13-14-31)30-25(19)23-4-2-1-3-22(23)24;26-25-27-15-18-14-22(20-8-4-5-9-21(20)23(18)29-25)16-10-12-19(13-11-16)28-24(30)17-6-2-1-3-7-17;1-21-19-22-11-13-10-17(12-6-8-14(20)9-7-12)15-4-2-3-5-16(15)18(13)23-19;19-13-7-5-11(6-8-13)16-9-12-10-21-18(20)22-17(12)15-4-2-1-3-14(15)16/h3-14,17-18,26H,15-16H2,1-2H3,(H,30,31,33);1-12,16,24,31H,13-15,27H2,(H,28,29,30);1-13,15,22H,14H2,(H,28,30)(H2,26,27,29);2-9,11,17H,10,20H2,1H3,(H,21,22,23);1-8,10,16H,9,19H2,(H2,20,21,22). The van der Waals surface area contributed by atoms with Crippen molar-refractivity contribution in [1.29, 1.82) is 0 Å². The number of carbonyl (C=O) groups is 1. The number of nitrogens with zero attached hydrogens (tertiary/aromatic N) is 12. The van der Waals surface area contributed by atoms with Gasteiger partial charge in [0.05, 0.1) is 40.5 Å². The Kier molecular flexibility index (Phi) is 27.6. The maximum Gasteiger partial charge on any atom is 0.255 e. The van der Waals surface area contributed by atoms with Crippen molar-refractivity contribution in [3.63, 3.8) is 0 Å². The summed E-state index contributed by atoms with van der Waals surface area (Å²) < 4.78 is 0. The third-order valence-corrected chi connectivity index (χ3v) is 26.2. The Balaban J connectivity index is 0.000000112. The molecule has 1 amide bonds. The molecule has 24 heteroatoms. The van der Waals surface area contributed by atoms with Crippen molar-refractivity contribution in [3.05, 3.63) is 458 Å². The summed E-state index contributed by atoms with van der Waals surface area (Å²) >= 11 is 6.11. The van der Waals surface area contributed by atoms with Crippen LogP contribution < -0.4 is 49.9 Å². The molecule has 0 saturated carbocycles. The van der Waals surface area contributed by atoms with Gasteiger partial charge in [-0.15, -0.1) is 0 Å². The predicted molar refractivity (Wildman–Crippen MR) is 564 cm³/mol. The van der Waals surface area contributed by atoms with Gasteiger partial charge >= 0.3 is 0 Å². The van der Waals surface area contributed by atoms with Crippen LogP contribution in [0.5, 0.6) is 0 Å². The molecule has 0 aliphatic heterocycles. The van der Waals surface area contributed by atoms with Gasteiger partial charge in [-0.05, 0) is 230 Å². The first-order chi connectivity index (χ1) is 68.4. The summed E-state index contributed by atoms with van der Waals surface area (Å²) in [5.74, 6) is 3.65. The van der Waals surface area contributed by atoms with Crippen LogP contribution >= 0.6 is 11.6 Å². The summed E-state index contributed by atoms with van der Waals surface area (Å²) in [7, 11) is 5.77. The topological polar surface area (TPSA) is 360 Å². The molecular weight excluding hydrogens is 1750 g/mol. The molecule has 0 spiro atoms. The van der Waals surface area contributed by atoms with Gasteiger partial charge in [-0.25, -0.2) is 54.8 Å². The Bertz CT molecular complexity index is 7500. The van der Waals surface area contributed by atoms with Crippen molar-refractivity contribution in [2.75, 3.05) is 77.7 Å². The maximum atomic E-state index is 12.4. The van der Waals surface area contributed by atoms with E-state index in [2.05, 4.69) is 248 Å². The Hall–Kier alpha value is -17.2. The summed E-state index contributed by atoms with van der Waals surface area (Å²) in [5.41, 5.74) is 65.9. The first kappa shape index (κ1) is 91.9. The molecule has 5 aliphatic rings. The van der Waals surface area contributed by atoms with Crippen LogP contribution in [0.1, 0.15) is 135 Å². The second-order valence-electron chi connectivity index (χ2n) is 35.4. The average molecular weight is 1860 g/mol. The Morgan fingerprint density at radius 1 is 0.386 bits per heavy atom. The minimum atomic E-state index is -0.116. The second kappa shape index (κ2) is 42.0. The number of hydrogen-bond donors (Lipinski definition) is 10. The molecule has 5 unspecified atom stereocenters. The molecule has 13 aromatic carbocycles. The van der Waals surface area contributed by atoms with Gasteiger partial charge in [-0.2, -0.15) is 0 Å². The number of anilines is 10. The van der Waals surface area contributed by atoms with E-state index in [-0.39, 0.29) is 36.2 Å². The molecular formula is C116H104ClN21O2. The van der Waals surface area contributed by atoms with Gasteiger partial charge in [-0.1, -0.05) is 236 Å². The third-order valence-electron chi connectivity index (χ3n) is 26.0. The minimum Gasteiger partial charge on any atom is -0.399 e. The highest BCUT2D eigenvalue weighted by molar-refractivity contribution is 6.30. The van der Waals surface area contributed by atoms with Crippen LogP contribution in [0.3, 0.4) is 0 Å². The number of carbonyl (C=O) groups excluding carboxylic acids is 1. The smallest absolute Gasteiger partial charge is 0.255 e. The van der Waals surface area contributed by atoms with E-state index in [1.807, 2.05) is 191 Å². The largest absolute Gasteiger partial charge is 0.399 e. The van der Waals surface area contributed by atoms with Gasteiger partial charge in [-0.3, -0.25) is 4.79 Å². The van der Waals surface area contributed by atoms with Gasteiger partial charge in [0.2, 0.25) is 29.7 Å². The molecule has 0 bridgehead atoms. The van der Waals surface area contributed by atoms with E-state index in [0.717, 1.165) is 155 Å². The molecule has 18 aromatic rings. The fraction of sp³-hybridized carbons (Fsp3) is 0.138. The van der Waals surface area contributed by atoms with Crippen molar-refractivity contribution in [1.82, 2.24) is 54.7 Å². The van der Waals surface area contributed by atoms with Gasteiger partial charge < -0.3 is 59.9 Å². The average Bonchev–Trinajstić information content (AvgIpc) is 0.753. The van der Waals surface area contributed by atoms with Crippen LogP contribution in [0.4, 0.5) is 63.9 Å². The van der Waals surface area contributed by atoms with Crippen molar-refractivity contribution < 1.29 is 9.90 Å². The number of aromatic nitrogens is 10. The van der Waals surface area contributed by atoms with Gasteiger partial charge in [0.1, 0.15) is 0 Å². The number of aliphatic hydroxyl groups is 1. The van der Waals surface area contributed by atoms with E-state index >= 15 is 0 Å². The van der Waals surface area contributed by atoms with Crippen LogP contribution in [0.25, 0.3) is 56.3 Å². The number of benzene rings is 13. The van der Waals surface area contributed by atoms with E-state index in [9.17, 15) is 4.79 Å². The quantitative estimate of drug-likeness (QED) is 0.0230. The first-order valence-corrected chi connectivity index (χ1v) is 47.1. The van der Waals surface area contributed by atoms with E-state index in [0.29, 0.717) is 54.2 Å². The molecule has 0 radical (unpaired) electrons. The molecule has 5 atom stereocenters. The summed E-state index contributed by atoms with van der Waals surface area (Å²) in [6.07, 6.45) is 16.3. The van der Waals surface area contributed by atoms with E-state index < -0.39 is 0 Å². The first-order valence-electron chi connectivity index (χ1n) is 46.7. The van der Waals surface area contributed by atoms with Crippen molar-refractivity contribution in [2.24, 2.45) is 4.99 Å². The summed E-state index contributed by atoms with van der Waals surface area (Å²) in [4.78, 5) is 64.1. The highest BCUT2D eigenvalue weighted by atomic mass is 35.5. The molecule has 0 saturated heterocycles. The van der Waals surface area contributed by atoms with Crippen LogP contribution in [0.2, 0.25) is 5.02 Å². The van der Waals surface area contributed by atoms with Crippen LogP contribution in [0.15, 0.2) is 357 Å². The predicted octanol–water partition coefficient (Wildman–Crippen LogP) is 22.1. The highest BCUT2D eigenvalue weighted by Gasteiger charge is 2.34. The molecule has 15 N–H and O–H groups in total. The lowest BCUT2D eigenvalue weighted by molar-refractivity contribution is 0.102. The van der Waals surface area contributed by atoms with E-state index in [1.54, 1.807) is 12.1 Å². The van der Waals surface area contributed by atoms with Crippen LogP contribution in [-0.4, -0.2) is 99.8 Å². The summed E-state index contributed by atoms with van der Waals surface area (Å²) in [6, 6.07) is 108. The van der Waals surface area contributed by atoms with Crippen molar-refractivity contribution >= 4 is 87.7 Å². The molecule has 5 aliphatic carbocycles. The van der Waals surface area contributed by atoms with Crippen LogP contribution in [0, 0.1) is 0 Å². The van der Waals surface area contributed by atoms with E-state index in [1.165, 1.54) is 66.8 Å². The zero-order chi connectivity index (χ0) is 96.1. The molecule has 140 heavy (non-hydrogen) atoms. The number of aliphatic hydroxyl groups excluding tert-OH is 1. The fourth-order valence-electron chi connectivity index (χ4n) is 19.1. The summed E-state index contributed by atoms with van der Waals surface area (Å²) in [6.45, 7) is 0.768. The minimum absolute atomic E-state index is 0.116. The molecule has 23 rings (SSSR count). The molecule has 23 nitrogen and oxygen atoms in total. The zero-order valence-corrected chi connectivity index (χ0v) is 78.3. The normalized spacial score (nSPS) is 14.9. The van der Waals surface area contributed by atoms with Crippen molar-refractivity contribution in [3.8, 4) is 56.3 Å². The molecule has 692 valence electrons. The number of fused-ring (bicyclic) bond motifs is 15. The Morgan fingerprint density at radius 3 is 1.14 bits per heavy atom. The number of halogens is 1. The number of nitrogen functional groups attached to an aromatic ring is 5. The SMILES string of the molecule is CN(C)C=Nc1ccc(C2Cc3cnc(NCc4cccc(Cl)c4)nc3-c3ccccc32)cc1.CNc1ncc2c(n1)-c1ccccc1C(c1ccc(N)cc1)C2.Nc1ccc(C2Cc3cnc(N)nc3-c3ccccc32)cc1.Nc1ccc(C2Cc3cnc(Nc4ccc(CCO)cc4)nc3-c3ccccc32)cc1.Nc1ncc2c(n1)-c1ccccc1C(c1ccc(NC(=O)c3ccccc3)cc1)C2. The lowest BCUT2D eigenvalue weighted by atomic mass is 9.78. The zero-order valence-electron chi connectivity index (χ0n) is 77.6. The number of hydrogen-bond acceptors (Lipinski definition) is 21. The monoisotopic (exact) mass is 1860 g/mol. The fourth-order valence-corrected chi connectivity index (χ4v) is 19.3. The number of nitrogens with two attached hydrogens (primary N) is 5. The van der Waals surface area contributed by atoms with Gasteiger partial charge in [0, 0.05) is 162 Å². The second-order valence-corrected chi connectivity index (χ2v) is 35.8. The lowest BCUT2D eigenvalue weighted by Crippen LogP contribution is -2.15. The number of aliphatic imine (C=N–C) groups is 1. The molecule has 5 aromatic heterocycles.